The van der Waals surface area contributed by atoms with Crippen LogP contribution >= 0.6 is 11.6 Å². The van der Waals surface area contributed by atoms with Gasteiger partial charge in [0.05, 0.1) is 51.4 Å². The van der Waals surface area contributed by atoms with Crippen molar-refractivity contribution in [2.75, 3.05) is 25.7 Å². The second-order valence-corrected chi connectivity index (χ2v) is 10.8. The molecule has 2 aromatic heterocycles. The third-order valence-electron chi connectivity index (χ3n) is 8.05. The first-order chi connectivity index (χ1) is 20.5. The molecule has 2 aromatic carbocycles. The minimum Gasteiger partial charge on any atom is -0.495 e. The lowest BCUT2D eigenvalue weighted by Gasteiger charge is -2.37. The van der Waals surface area contributed by atoms with Crippen LogP contribution in [0.4, 0.5) is 10.5 Å². The summed E-state index contributed by atoms with van der Waals surface area (Å²) < 4.78 is 46.5. The van der Waals surface area contributed by atoms with Crippen molar-refractivity contribution < 1.29 is 27.6 Å². The van der Waals surface area contributed by atoms with Gasteiger partial charge in [-0.05, 0) is 69.4 Å². The number of carbonyl (C=O) groups excluding carboxylic acids is 1. The fraction of sp³-hybridized carbons (Fsp3) is 0.433. The zero-order valence-electron chi connectivity index (χ0n) is 25.6. The number of methoxy groups -OCH3 is 2. The predicted molar refractivity (Wildman–Crippen MR) is 152 cm³/mol. The SMILES string of the molecule is [2H]C([2H])([2H])OC1CCC(n2c([C@@H]3CCOC(=O)N3c3ccc(Cl)c(OC)c3)nc3cc(-c4c(C)noc4C)ccc32)CC1. The van der Waals surface area contributed by atoms with Gasteiger partial charge in [-0.2, -0.15) is 0 Å². The van der Waals surface area contributed by atoms with E-state index in [4.69, 9.17) is 39.4 Å². The van der Waals surface area contributed by atoms with Crippen molar-refractivity contribution in [3.8, 4) is 16.9 Å². The molecule has 1 atom stereocenters. The van der Waals surface area contributed by atoms with Gasteiger partial charge in [0.15, 0.2) is 0 Å². The molecule has 1 aliphatic heterocycles. The van der Waals surface area contributed by atoms with Crippen LogP contribution < -0.4 is 9.64 Å². The molecule has 0 N–H and O–H groups in total. The van der Waals surface area contributed by atoms with E-state index < -0.39 is 19.2 Å². The van der Waals surface area contributed by atoms with E-state index in [0.717, 1.165) is 39.4 Å². The van der Waals surface area contributed by atoms with E-state index in [1.54, 1.807) is 23.1 Å². The summed E-state index contributed by atoms with van der Waals surface area (Å²) in [6.45, 7) is 4.04. The lowest BCUT2D eigenvalue weighted by Crippen LogP contribution is -2.42. The number of amides is 1. The summed E-state index contributed by atoms with van der Waals surface area (Å²) in [5, 5.41) is 4.55. The molecular formula is C30H33ClN4O5. The van der Waals surface area contributed by atoms with Crippen molar-refractivity contribution in [1.82, 2.24) is 14.7 Å². The summed E-state index contributed by atoms with van der Waals surface area (Å²) in [5.41, 5.74) is 4.95. The second kappa shape index (κ2) is 10.8. The average Bonchev–Trinajstić information content (AvgIpc) is 3.51. The van der Waals surface area contributed by atoms with E-state index in [2.05, 4.69) is 15.8 Å². The number of fused-ring (bicyclic) bond motifs is 1. The van der Waals surface area contributed by atoms with E-state index in [-0.39, 0.29) is 18.8 Å². The summed E-state index contributed by atoms with van der Waals surface area (Å²) in [4.78, 5) is 20.1. The largest absolute Gasteiger partial charge is 0.495 e. The first-order valence-electron chi connectivity index (χ1n) is 15.0. The molecule has 1 amide bonds. The molecular weight excluding hydrogens is 532 g/mol. The minimum atomic E-state index is -2.43. The van der Waals surface area contributed by atoms with Gasteiger partial charge >= 0.3 is 6.09 Å². The van der Waals surface area contributed by atoms with E-state index in [9.17, 15) is 4.79 Å². The van der Waals surface area contributed by atoms with Gasteiger partial charge in [0, 0.05) is 31.1 Å². The fourth-order valence-electron chi connectivity index (χ4n) is 6.12. The molecule has 0 spiro atoms. The van der Waals surface area contributed by atoms with Gasteiger partial charge < -0.3 is 23.3 Å². The highest BCUT2D eigenvalue weighted by Crippen LogP contribution is 2.42. The lowest BCUT2D eigenvalue weighted by atomic mass is 9.92. The summed E-state index contributed by atoms with van der Waals surface area (Å²) >= 11 is 6.30. The Labute approximate surface area is 242 Å². The zero-order valence-corrected chi connectivity index (χ0v) is 23.4. The zero-order chi connectivity index (χ0) is 30.5. The molecule has 0 bridgehead atoms. The van der Waals surface area contributed by atoms with Crippen LogP contribution in [0.3, 0.4) is 0 Å². The van der Waals surface area contributed by atoms with Crippen LogP contribution in [0, 0.1) is 13.8 Å². The normalized spacial score (nSPS) is 23.0. The van der Waals surface area contributed by atoms with Crippen LogP contribution in [0.1, 0.15) is 65.6 Å². The number of nitrogens with zero attached hydrogens (tertiary/aromatic N) is 4. The molecule has 40 heavy (non-hydrogen) atoms. The van der Waals surface area contributed by atoms with E-state index in [1.807, 2.05) is 26.0 Å². The number of hydrogen-bond donors (Lipinski definition) is 0. The van der Waals surface area contributed by atoms with Crippen LogP contribution in [-0.4, -0.2) is 47.7 Å². The Bertz CT molecular complexity index is 1640. The molecule has 0 radical (unpaired) electrons. The Hall–Kier alpha value is -3.56. The highest BCUT2D eigenvalue weighted by molar-refractivity contribution is 6.32. The number of halogens is 1. The number of ether oxygens (including phenoxy) is 3. The van der Waals surface area contributed by atoms with Crippen molar-refractivity contribution >= 4 is 34.4 Å². The maximum Gasteiger partial charge on any atom is 0.414 e. The Morgan fingerprint density at radius 2 is 1.93 bits per heavy atom. The molecule has 210 valence electrons. The molecule has 1 saturated heterocycles. The van der Waals surface area contributed by atoms with Crippen molar-refractivity contribution in [2.45, 2.75) is 64.1 Å². The quantitative estimate of drug-likeness (QED) is 0.243. The van der Waals surface area contributed by atoms with Crippen LogP contribution in [0.2, 0.25) is 5.02 Å². The van der Waals surface area contributed by atoms with Crippen LogP contribution in [0.5, 0.6) is 5.75 Å². The van der Waals surface area contributed by atoms with Gasteiger partial charge in [0.25, 0.3) is 0 Å². The van der Waals surface area contributed by atoms with Crippen LogP contribution in [0.25, 0.3) is 22.2 Å². The number of cyclic esters (lactones) is 1. The van der Waals surface area contributed by atoms with E-state index in [1.165, 1.54) is 7.11 Å². The van der Waals surface area contributed by atoms with Crippen molar-refractivity contribution in [1.29, 1.82) is 0 Å². The number of aromatic nitrogens is 3. The molecule has 10 heteroatoms. The number of anilines is 1. The Balaban J connectivity index is 1.46. The summed E-state index contributed by atoms with van der Waals surface area (Å²) in [6, 6.07) is 10.9. The van der Waals surface area contributed by atoms with E-state index >= 15 is 0 Å². The third-order valence-corrected chi connectivity index (χ3v) is 8.36. The lowest BCUT2D eigenvalue weighted by molar-refractivity contribution is 0.0582. The Morgan fingerprint density at radius 1 is 1.10 bits per heavy atom. The van der Waals surface area contributed by atoms with Gasteiger partial charge in [-0.3, -0.25) is 4.90 Å². The molecule has 1 aliphatic carbocycles. The highest BCUT2D eigenvalue weighted by Gasteiger charge is 2.38. The topological polar surface area (TPSA) is 91.9 Å². The number of rotatable bonds is 6. The summed E-state index contributed by atoms with van der Waals surface area (Å²) in [6.07, 6.45) is 2.32. The Kier molecular flexibility index (Phi) is 6.25. The number of benzene rings is 2. The standard InChI is InChI=1S/C30H33ClN4O5/c1-17-28(18(2)40-33-17)19-5-12-25-24(15-19)32-29(34(25)20-6-9-22(37-3)10-7-20)26-13-14-39-30(36)35(26)21-8-11-23(31)27(16-21)38-4/h5,8,11-12,15-16,20,22,26H,6-7,9-10,13-14H2,1-4H3/t20?,22?,26-/m0/s1/i3D3. The van der Waals surface area contributed by atoms with Gasteiger partial charge in [-0.15, -0.1) is 0 Å². The van der Waals surface area contributed by atoms with Crippen molar-refractivity contribution in [2.24, 2.45) is 0 Å². The van der Waals surface area contributed by atoms with Crippen LogP contribution in [-0.2, 0) is 9.47 Å². The molecule has 0 unspecified atom stereocenters. The average molecular weight is 568 g/mol. The molecule has 6 rings (SSSR count). The minimum absolute atomic E-state index is 0.0286. The number of carbonyl (C=O) groups is 1. The molecule has 1 saturated carbocycles. The highest BCUT2D eigenvalue weighted by atomic mass is 35.5. The van der Waals surface area contributed by atoms with E-state index in [0.29, 0.717) is 48.6 Å². The fourth-order valence-corrected chi connectivity index (χ4v) is 6.31. The Morgan fingerprint density at radius 3 is 2.65 bits per heavy atom. The van der Waals surface area contributed by atoms with Gasteiger partial charge in [0.2, 0.25) is 0 Å². The number of hydrogen-bond acceptors (Lipinski definition) is 7. The smallest absolute Gasteiger partial charge is 0.414 e. The molecule has 3 heterocycles. The third kappa shape index (κ3) is 4.61. The van der Waals surface area contributed by atoms with Gasteiger partial charge in [-0.1, -0.05) is 22.8 Å². The van der Waals surface area contributed by atoms with Crippen molar-refractivity contribution in [3.05, 3.63) is 58.7 Å². The van der Waals surface area contributed by atoms with Gasteiger partial charge in [0.1, 0.15) is 23.4 Å². The summed E-state index contributed by atoms with van der Waals surface area (Å²) in [7, 11) is -0.902. The second-order valence-electron chi connectivity index (χ2n) is 10.4. The molecule has 9 nitrogen and oxygen atoms in total. The summed E-state index contributed by atoms with van der Waals surface area (Å²) in [5.74, 6) is 1.90. The number of aryl methyl sites for hydroxylation is 2. The molecule has 2 aliphatic rings. The first kappa shape index (κ1) is 23.2. The molecule has 2 fully saturated rings. The predicted octanol–water partition coefficient (Wildman–Crippen LogP) is 7.19. The number of imidazole rings is 1. The van der Waals surface area contributed by atoms with Gasteiger partial charge in [-0.25, -0.2) is 9.78 Å². The monoisotopic (exact) mass is 567 g/mol. The maximum absolute atomic E-state index is 13.3. The van der Waals surface area contributed by atoms with Crippen molar-refractivity contribution in [3.63, 3.8) is 0 Å². The first-order valence-corrected chi connectivity index (χ1v) is 13.8. The maximum atomic E-state index is 13.3. The molecule has 4 aromatic rings. The van der Waals surface area contributed by atoms with Crippen LogP contribution in [0.15, 0.2) is 40.9 Å².